The number of hydrogen-bond acceptors (Lipinski definition) is 3. The molecule has 3 aromatic rings. The zero-order chi connectivity index (χ0) is 16.9. The van der Waals surface area contributed by atoms with Gasteiger partial charge in [0.25, 0.3) is 0 Å². The fourth-order valence-corrected chi connectivity index (χ4v) is 2.78. The molecular formula is C20H19NO3. The largest absolute Gasteiger partial charge is 0.462 e. The quantitative estimate of drug-likeness (QED) is 0.677. The molecule has 4 heteroatoms. The van der Waals surface area contributed by atoms with Crippen molar-refractivity contribution in [3.63, 3.8) is 0 Å². The fraction of sp³-hybridized carbons (Fsp3) is 0.200. The Hall–Kier alpha value is -2.88. The predicted octanol–water partition coefficient (Wildman–Crippen LogP) is 3.42. The average molecular weight is 321 g/mol. The molecule has 0 bridgehead atoms. The number of carbonyl (C=O) groups excluding carboxylic acids is 1. The molecule has 0 atom stereocenters. The number of para-hydroxylation sites is 1. The van der Waals surface area contributed by atoms with Gasteiger partial charge >= 0.3 is 5.97 Å². The van der Waals surface area contributed by atoms with Crippen LogP contribution in [0.5, 0.6) is 0 Å². The van der Waals surface area contributed by atoms with E-state index in [2.05, 4.69) is 12.1 Å². The molecule has 0 radical (unpaired) electrons. The van der Waals surface area contributed by atoms with Crippen molar-refractivity contribution < 1.29 is 9.53 Å². The van der Waals surface area contributed by atoms with E-state index in [0.29, 0.717) is 11.9 Å². The van der Waals surface area contributed by atoms with Crippen molar-refractivity contribution in [3.05, 3.63) is 82.1 Å². The maximum Gasteiger partial charge on any atom is 0.343 e. The molecule has 122 valence electrons. The molecule has 0 amide bonds. The van der Waals surface area contributed by atoms with Gasteiger partial charge in [0.2, 0.25) is 5.43 Å². The third-order valence-electron chi connectivity index (χ3n) is 3.97. The van der Waals surface area contributed by atoms with Crippen molar-refractivity contribution in [1.82, 2.24) is 4.57 Å². The normalized spacial score (nSPS) is 10.7. The Kier molecular flexibility index (Phi) is 4.75. The number of aryl methyl sites for hydroxylation is 2. The highest BCUT2D eigenvalue weighted by Crippen LogP contribution is 2.14. The molecule has 0 N–H and O–H groups in total. The summed E-state index contributed by atoms with van der Waals surface area (Å²) in [5, 5.41) is 0.538. The molecule has 24 heavy (non-hydrogen) atoms. The average Bonchev–Trinajstić information content (AvgIpc) is 2.62. The van der Waals surface area contributed by atoms with Gasteiger partial charge in [-0.3, -0.25) is 4.79 Å². The number of fused-ring (bicyclic) bond motifs is 1. The van der Waals surface area contributed by atoms with Gasteiger partial charge in [0.1, 0.15) is 5.56 Å². The van der Waals surface area contributed by atoms with Gasteiger partial charge in [-0.25, -0.2) is 4.79 Å². The molecule has 1 heterocycles. The van der Waals surface area contributed by atoms with Crippen LogP contribution in [0.4, 0.5) is 0 Å². The van der Waals surface area contributed by atoms with Crippen molar-refractivity contribution in [2.24, 2.45) is 0 Å². The lowest BCUT2D eigenvalue weighted by atomic mass is 10.1. The SMILES string of the molecule is CCOC(=O)c1cn(CCc2ccccc2)c2ccccc2c1=O. The van der Waals surface area contributed by atoms with Gasteiger partial charge in [0, 0.05) is 18.1 Å². The maximum atomic E-state index is 12.6. The summed E-state index contributed by atoms with van der Waals surface area (Å²) < 4.78 is 6.98. The minimum atomic E-state index is -0.568. The zero-order valence-electron chi connectivity index (χ0n) is 13.6. The highest BCUT2D eigenvalue weighted by molar-refractivity contribution is 5.93. The van der Waals surface area contributed by atoms with Crippen LogP contribution in [0.2, 0.25) is 0 Å². The molecule has 1 aromatic heterocycles. The van der Waals surface area contributed by atoms with Crippen LogP contribution in [0.25, 0.3) is 10.9 Å². The highest BCUT2D eigenvalue weighted by Gasteiger charge is 2.16. The number of pyridine rings is 1. The topological polar surface area (TPSA) is 48.3 Å². The predicted molar refractivity (Wildman–Crippen MR) is 94.3 cm³/mol. The summed E-state index contributed by atoms with van der Waals surface area (Å²) in [7, 11) is 0. The fourth-order valence-electron chi connectivity index (χ4n) is 2.78. The van der Waals surface area contributed by atoms with E-state index < -0.39 is 5.97 Å². The standard InChI is InChI=1S/C20H19NO3/c1-2-24-20(23)17-14-21(13-12-15-8-4-3-5-9-15)18-11-7-6-10-16(18)19(17)22/h3-11,14H,2,12-13H2,1H3. The van der Waals surface area contributed by atoms with Gasteiger partial charge in [-0.1, -0.05) is 42.5 Å². The number of aromatic nitrogens is 1. The van der Waals surface area contributed by atoms with Crippen LogP contribution in [0, 0.1) is 0 Å². The first kappa shape index (κ1) is 16.0. The molecule has 0 aliphatic carbocycles. The first-order chi connectivity index (χ1) is 11.7. The Balaban J connectivity index is 2.03. The second-order valence-electron chi connectivity index (χ2n) is 5.54. The van der Waals surface area contributed by atoms with Crippen LogP contribution in [-0.4, -0.2) is 17.1 Å². The van der Waals surface area contributed by atoms with Gasteiger partial charge in [0.15, 0.2) is 0 Å². The smallest absolute Gasteiger partial charge is 0.343 e. The monoisotopic (exact) mass is 321 g/mol. The lowest BCUT2D eigenvalue weighted by molar-refractivity contribution is 0.0524. The van der Waals surface area contributed by atoms with Crippen LogP contribution in [0.15, 0.2) is 65.6 Å². The Morgan fingerprint density at radius 1 is 1.04 bits per heavy atom. The first-order valence-electron chi connectivity index (χ1n) is 8.04. The Morgan fingerprint density at radius 2 is 1.75 bits per heavy atom. The molecule has 0 saturated carbocycles. The Labute approximate surface area is 140 Å². The van der Waals surface area contributed by atoms with E-state index in [1.807, 2.05) is 34.9 Å². The Morgan fingerprint density at radius 3 is 2.50 bits per heavy atom. The molecule has 4 nitrogen and oxygen atoms in total. The van der Waals surface area contributed by atoms with Gasteiger partial charge < -0.3 is 9.30 Å². The van der Waals surface area contributed by atoms with Gasteiger partial charge in [-0.05, 0) is 31.0 Å². The molecule has 0 aliphatic rings. The number of carbonyl (C=O) groups is 1. The third kappa shape index (κ3) is 3.23. The number of hydrogen-bond donors (Lipinski definition) is 0. The number of esters is 1. The second-order valence-corrected chi connectivity index (χ2v) is 5.54. The summed E-state index contributed by atoms with van der Waals surface area (Å²) >= 11 is 0. The molecule has 0 unspecified atom stereocenters. The van der Waals surface area contributed by atoms with Crippen molar-refractivity contribution in [2.45, 2.75) is 19.9 Å². The summed E-state index contributed by atoms with van der Waals surface area (Å²) in [5.74, 6) is -0.568. The van der Waals surface area contributed by atoms with E-state index in [4.69, 9.17) is 4.74 Å². The number of rotatable bonds is 5. The molecule has 3 rings (SSSR count). The van der Waals surface area contributed by atoms with Crippen LogP contribution >= 0.6 is 0 Å². The maximum absolute atomic E-state index is 12.6. The van der Waals surface area contributed by atoms with Crippen LogP contribution in [0.1, 0.15) is 22.8 Å². The zero-order valence-corrected chi connectivity index (χ0v) is 13.6. The number of nitrogens with zero attached hydrogens (tertiary/aromatic N) is 1. The van der Waals surface area contributed by atoms with E-state index in [0.717, 1.165) is 11.9 Å². The number of benzene rings is 2. The van der Waals surface area contributed by atoms with E-state index in [1.165, 1.54) is 5.56 Å². The summed E-state index contributed by atoms with van der Waals surface area (Å²) in [4.78, 5) is 24.7. The van der Waals surface area contributed by atoms with Crippen molar-refractivity contribution in [2.75, 3.05) is 6.61 Å². The molecular weight excluding hydrogens is 302 g/mol. The second kappa shape index (κ2) is 7.13. The van der Waals surface area contributed by atoms with E-state index >= 15 is 0 Å². The molecule has 0 saturated heterocycles. The van der Waals surface area contributed by atoms with Crippen molar-refractivity contribution in [1.29, 1.82) is 0 Å². The van der Waals surface area contributed by atoms with Gasteiger partial charge in [0.05, 0.1) is 12.1 Å². The van der Waals surface area contributed by atoms with Crippen molar-refractivity contribution in [3.8, 4) is 0 Å². The van der Waals surface area contributed by atoms with Crippen molar-refractivity contribution >= 4 is 16.9 Å². The summed E-state index contributed by atoms with van der Waals surface area (Å²) in [5.41, 5.74) is 1.84. The van der Waals surface area contributed by atoms with Crippen LogP contribution < -0.4 is 5.43 Å². The van der Waals surface area contributed by atoms with Crippen LogP contribution in [-0.2, 0) is 17.7 Å². The summed E-state index contributed by atoms with van der Waals surface area (Å²) in [6.45, 7) is 2.65. The minimum Gasteiger partial charge on any atom is -0.462 e. The Bertz CT molecular complexity index is 913. The lowest BCUT2D eigenvalue weighted by Gasteiger charge is -2.13. The van der Waals surface area contributed by atoms with Gasteiger partial charge in [-0.15, -0.1) is 0 Å². The van der Waals surface area contributed by atoms with E-state index in [1.54, 1.807) is 25.3 Å². The summed E-state index contributed by atoms with van der Waals surface area (Å²) in [6.07, 6.45) is 2.43. The molecule has 0 fully saturated rings. The van der Waals surface area contributed by atoms with E-state index in [9.17, 15) is 9.59 Å². The first-order valence-corrected chi connectivity index (χ1v) is 8.04. The highest BCUT2D eigenvalue weighted by atomic mass is 16.5. The minimum absolute atomic E-state index is 0.0867. The van der Waals surface area contributed by atoms with Crippen LogP contribution in [0.3, 0.4) is 0 Å². The third-order valence-corrected chi connectivity index (χ3v) is 3.97. The lowest BCUT2D eigenvalue weighted by Crippen LogP contribution is -2.21. The molecule has 0 spiro atoms. The van der Waals surface area contributed by atoms with E-state index in [-0.39, 0.29) is 17.6 Å². The summed E-state index contributed by atoms with van der Waals surface area (Å²) in [6, 6.07) is 17.5. The molecule has 0 aliphatic heterocycles. The number of ether oxygens (including phenoxy) is 1. The van der Waals surface area contributed by atoms with Gasteiger partial charge in [-0.2, -0.15) is 0 Å². The molecule has 2 aromatic carbocycles.